The Morgan fingerprint density at radius 2 is 1.92 bits per heavy atom. The Bertz CT molecular complexity index is 1370. The number of pyridine rings is 2. The number of nitrogens with zero attached hydrogens (tertiary/aromatic N) is 4. The van der Waals surface area contributed by atoms with Crippen LogP contribution in [0.15, 0.2) is 48.8 Å². The van der Waals surface area contributed by atoms with E-state index < -0.39 is 47.5 Å². The molecule has 9 nitrogen and oxygen atoms in total. The zero-order valence-electron chi connectivity index (χ0n) is 18.6. The highest BCUT2D eigenvalue weighted by molar-refractivity contribution is 6.03. The van der Waals surface area contributed by atoms with Crippen LogP contribution in [0.25, 0.3) is 11.3 Å². The van der Waals surface area contributed by atoms with Crippen molar-refractivity contribution in [2.45, 2.75) is 37.3 Å². The summed E-state index contributed by atoms with van der Waals surface area (Å²) in [5.74, 6) is -2.63. The standard InChI is InChI=1S/C25H19F2N5O4/c26-15-2-1-3-16(27)22(15)23-13(11-29)4-5-17(31-23)25(35)32-18-12-30-9-7-14(18)21-10-19(33)24(34)20(36-21)6-8-28/h1-5,7,9,12,19-21,24,33-34H,6,10H2,(H,32,35). The summed E-state index contributed by atoms with van der Waals surface area (Å²) < 4.78 is 34.5. The van der Waals surface area contributed by atoms with Gasteiger partial charge in [0, 0.05) is 18.2 Å². The van der Waals surface area contributed by atoms with Gasteiger partial charge in [0.05, 0.1) is 59.5 Å². The first-order valence-electron chi connectivity index (χ1n) is 10.8. The molecule has 0 bridgehead atoms. The number of carbonyl (C=O) groups excluding carboxylic acids is 1. The number of aromatic nitrogens is 2. The summed E-state index contributed by atoms with van der Waals surface area (Å²) in [6, 6.07) is 11.0. The van der Waals surface area contributed by atoms with E-state index in [1.54, 1.807) is 6.07 Å². The van der Waals surface area contributed by atoms with Crippen LogP contribution < -0.4 is 5.32 Å². The van der Waals surface area contributed by atoms with Gasteiger partial charge in [-0.25, -0.2) is 13.8 Å². The van der Waals surface area contributed by atoms with Crippen LogP contribution in [-0.2, 0) is 4.74 Å². The second-order valence-corrected chi connectivity index (χ2v) is 8.04. The number of nitrogens with one attached hydrogen (secondary N) is 1. The minimum absolute atomic E-state index is 0.00179. The number of benzene rings is 1. The van der Waals surface area contributed by atoms with Crippen LogP contribution >= 0.6 is 0 Å². The highest BCUT2D eigenvalue weighted by Crippen LogP contribution is 2.36. The van der Waals surface area contributed by atoms with Crippen molar-refractivity contribution < 1.29 is 28.5 Å². The Morgan fingerprint density at radius 3 is 2.61 bits per heavy atom. The fourth-order valence-electron chi connectivity index (χ4n) is 3.98. The first-order chi connectivity index (χ1) is 17.3. The van der Waals surface area contributed by atoms with Gasteiger partial charge in [0.1, 0.15) is 29.5 Å². The van der Waals surface area contributed by atoms with Gasteiger partial charge in [0.25, 0.3) is 5.91 Å². The lowest BCUT2D eigenvalue weighted by molar-refractivity contribution is -0.168. The molecule has 3 aromatic rings. The van der Waals surface area contributed by atoms with Crippen LogP contribution in [0.2, 0.25) is 0 Å². The molecule has 1 aromatic carbocycles. The van der Waals surface area contributed by atoms with E-state index in [9.17, 15) is 29.1 Å². The summed E-state index contributed by atoms with van der Waals surface area (Å²) >= 11 is 0. The first kappa shape index (κ1) is 24.8. The van der Waals surface area contributed by atoms with Crippen molar-refractivity contribution in [3.8, 4) is 23.4 Å². The molecule has 1 aliphatic rings. The lowest BCUT2D eigenvalue weighted by Crippen LogP contribution is -2.45. The third kappa shape index (κ3) is 4.90. The van der Waals surface area contributed by atoms with E-state index >= 15 is 0 Å². The number of carbonyl (C=O) groups is 1. The van der Waals surface area contributed by atoms with Gasteiger partial charge in [-0.1, -0.05) is 6.07 Å². The minimum Gasteiger partial charge on any atom is -0.390 e. The van der Waals surface area contributed by atoms with Crippen LogP contribution in [0.4, 0.5) is 14.5 Å². The molecule has 1 aliphatic heterocycles. The molecular formula is C25H19F2N5O4. The van der Waals surface area contributed by atoms with Crippen molar-refractivity contribution in [2.24, 2.45) is 0 Å². The van der Waals surface area contributed by atoms with Gasteiger partial charge >= 0.3 is 0 Å². The van der Waals surface area contributed by atoms with Crippen LogP contribution in [0.1, 0.15) is 40.6 Å². The molecule has 1 amide bonds. The summed E-state index contributed by atoms with van der Waals surface area (Å²) in [4.78, 5) is 21.1. The molecule has 182 valence electrons. The van der Waals surface area contributed by atoms with Gasteiger partial charge < -0.3 is 20.3 Å². The van der Waals surface area contributed by atoms with Crippen molar-refractivity contribution >= 4 is 11.6 Å². The van der Waals surface area contributed by atoms with E-state index in [0.29, 0.717) is 5.56 Å². The normalized spacial score (nSPS) is 21.3. The van der Waals surface area contributed by atoms with E-state index in [0.717, 1.165) is 12.1 Å². The Labute approximate surface area is 204 Å². The van der Waals surface area contributed by atoms with E-state index in [4.69, 9.17) is 10.00 Å². The number of hydrogen-bond acceptors (Lipinski definition) is 8. The molecule has 4 atom stereocenters. The molecule has 0 saturated carbocycles. The molecule has 11 heteroatoms. The number of anilines is 1. The average Bonchev–Trinajstić information content (AvgIpc) is 2.87. The fourth-order valence-corrected chi connectivity index (χ4v) is 3.98. The Kier molecular flexibility index (Phi) is 7.27. The largest absolute Gasteiger partial charge is 0.390 e. The summed E-state index contributed by atoms with van der Waals surface area (Å²) in [6.07, 6.45) is -1.44. The van der Waals surface area contributed by atoms with Gasteiger partial charge in [-0.05, 0) is 30.3 Å². The number of halogens is 2. The SMILES string of the molecule is N#CCC1OC(c2ccncc2NC(=O)c2ccc(C#N)c(-c3c(F)cccc3F)n2)CC(O)C1O. The molecule has 0 aliphatic carbocycles. The van der Waals surface area contributed by atoms with E-state index in [-0.39, 0.29) is 35.5 Å². The summed E-state index contributed by atoms with van der Waals surface area (Å²) in [5.41, 5.74) is -0.553. The maximum atomic E-state index is 14.4. The molecular weight excluding hydrogens is 472 g/mol. The third-order valence-electron chi connectivity index (χ3n) is 5.76. The molecule has 2 aromatic heterocycles. The first-order valence-corrected chi connectivity index (χ1v) is 10.8. The molecule has 0 radical (unpaired) electrons. The fraction of sp³-hybridized carbons (Fsp3) is 0.240. The number of aliphatic hydroxyl groups excluding tert-OH is 2. The Morgan fingerprint density at radius 1 is 1.17 bits per heavy atom. The topological polar surface area (TPSA) is 152 Å². The quantitative estimate of drug-likeness (QED) is 0.493. The molecule has 0 spiro atoms. The number of aliphatic hydroxyl groups is 2. The maximum Gasteiger partial charge on any atom is 0.274 e. The molecule has 4 rings (SSSR count). The molecule has 36 heavy (non-hydrogen) atoms. The number of amides is 1. The molecule has 3 N–H and O–H groups in total. The van der Waals surface area contributed by atoms with Gasteiger partial charge in [-0.15, -0.1) is 0 Å². The molecule has 4 unspecified atom stereocenters. The van der Waals surface area contributed by atoms with Crippen LogP contribution in [-0.4, -0.2) is 44.4 Å². The summed E-state index contributed by atoms with van der Waals surface area (Å²) in [5, 5.41) is 41.4. The number of ether oxygens (including phenoxy) is 1. The van der Waals surface area contributed by atoms with Gasteiger partial charge in [0.15, 0.2) is 0 Å². The van der Waals surface area contributed by atoms with E-state index in [2.05, 4.69) is 15.3 Å². The van der Waals surface area contributed by atoms with Crippen LogP contribution in [0.5, 0.6) is 0 Å². The zero-order chi connectivity index (χ0) is 25.8. The predicted molar refractivity (Wildman–Crippen MR) is 121 cm³/mol. The zero-order valence-corrected chi connectivity index (χ0v) is 18.6. The highest BCUT2D eigenvalue weighted by atomic mass is 19.1. The average molecular weight is 491 g/mol. The second-order valence-electron chi connectivity index (χ2n) is 8.04. The number of hydrogen-bond donors (Lipinski definition) is 3. The van der Waals surface area contributed by atoms with Crippen molar-refractivity contribution in [1.82, 2.24) is 9.97 Å². The van der Waals surface area contributed by atoms with Crippen molar-refractivity contribution in [2.75, 3.05) is 5.32 Å². The molecule has 3 heterocycles. The second kappa shape index (κ2) is 10.5. The van der Waals surface area contributed by atoms with E-state index in [1.807, 2.05) is 12.1 Å². The van der Waals surface area contributed by atoms with Gasteiger partial charge in [0.2, 0.25) is 0 Å². The van der Waals surface area contributed by atoms with Crippen molar-refractivity contribution in [3.05, 3.63) is 77.2 Å². The van der Waals surface area contributed by atoms with E-state index in [1.165, 1.54) is 30.6 Å². The Hall–Kier alpha value is -4.29. The highest BCUT2D eigenvalue weighted by Gasteiger charge is 2.38. The number of nitriles is 2. The van der Waals surface area contributed by atoms with Gasteiger partial charge in [-0.3, -0.25) is 9.78 Å². The maximum absolute atomic E-state index is 14.4. The summed E-state index contributed by atoms with van der Waals surface area (Å²) in [6.45, 7) is 0. The van der Waals surface area contributed by atoms with Crippen molar-refractivity contribution in [3.63, 3.8) is 0 Å². The summed E-state index contributed by atoms with van der Waals surface area (Å²) in [7, 11) is 0. The van der Waals surface area contributed by atoms with Crippen molar-refractivity contribution in [1.29, 1.82) is 10.5 Å². The van der Waals surface area contributed by atoms with Gasteiger partial charge in [-0.2, -0.15) is 10.5 Å². The smallest absolute Gasteiger partial charge is 0.274 e. The Balaban J connectivity index is 1.65. The molecule has 1 fully saturated rings. The predicted octanol–water partition coefficient (Wildman–Crippen LogP) is 3.01. The minimum atomic E-state index is -1.24. The lowest BCUT2D eigenvalue weighted by atomic mass is 9.92. The van der Waals surface area contributed by atoms with Crippen LogP contribution in [0, 0.1) is 34.3 Å². The number of rotatable bonds is 5. The van der Waals surface area contributed by atoms with Crippen LogP contribution in [0.3, 0.4) is 0 Å². The monoisotopic (exact) mass is 491 g/mol. The third-order valence-corrected chi connectivity index (χ3v) is 5.76. The molecule has 1 saturated heterocycles. The lowest BCUT2D eigenvalue weighted by Gasteiger charge is -2.37.